The van der Waals surface area contributed by atoms with Crippen LogP contribution in [0.1, 0.15) is 36.9 Å². The third-order valence-corrected chi connectivity index (χ3v) is 5.52. The quantitative estimate of drug-likeness (QED) is 0.600. The normalized spacial score (nSPS) is 24.2. The maximum Gasteiger partial charge on any atom is 0.338 e. The second-order valence-electron chi connectivity index (χ2n) is 8.08. The van der Waals surface area contributed by atoms with Crippen molar-refractivity contribution in [3.8, 4) is 0 Å². The number of carbonyl (C=O) groups is 2. The van der Waals surface area contributed by atoms with Gasteiger partial charge in [-0.05, 0) is 18.6 Å². The number of H-pyrrole nitrogens is 1. The van der Waals surface area contributed by atoms with Crippen molar-refractivity contribution in [1.82, 2.24) is 19.5 Å². The van der Waals surface area contributed by atoms with Crippen LogP contribution < -0.4 is 10.9 Å². The van der Waals surface area contributed by atoms with Gasteiger partial charge < -0.3 is 9.47 Å². The number of nitrogens with zero attached hydrogens (tertiary/aromatic N) is 3. The zero-order valence-electron chi connectivity index (χ0n) is 16.9. The molecule has 5 rings (SSSR count). The van der Waals surface area contributed by atoms with Gasteiger partial charge in [-0.15, -0.1) is 0 Å². The van der Waals surface area contributed by atoms with Crippen LogP contribution in [0.25, 0.3) is 11.2 Å². The molecule has 1 aliphatic heterocycles. The Kier molecular flexibility index (Phi) is 4.58. The average Bonchev–Trinajstić information content (AvgIpc) is 3.25. The van der Waals surface area contributed by atoms with Gasteiger partial charge in [0, 0.05) is 11.8 Å². The molecule has 10 nitrogen and oxygen atoms in total. The lowest BCUT2D eigenvalue weighted by atomic mass is 10.2. The molecule has 1 aromatic carbocycles. The van der Waals surface area contributed by atoms with Gasteiger partial charge in [-0.3, -0.25) is 24.5 Å². The van der Waals surface area contributed by atoms with E-state index in [1.807, 2.05) is 6.07 Å². The monoisotopic (exact) mass is 423 g/mol. The standard InChI is InChI=1S/C21H21N5O5/c1-10(2)17(27)24-21-23-16-14(18(28)25-21)22-9-26(16)19-15(12-8-13(12)30-19)31-20(29)11-6-4-3-5-7-11/h3-7,9-10,12-13,15,19H,8H2,1-2H3,(H2,23,24,25,27,28)/t12-,13?,15-,19-/m1/s1. The van der Waals surface area contributed by atoms with Crippen LogP contribution in [0.15, 0.2) is 41.5 Å². The summed E-state index contributed by atoms with van der Waals surface area (Å²) in [6.07, 6.45) is 1.03. The summed E-state index contributed by atoms with van der Waals surface area (Å²) in [5.41, 5.74) is 0.326. The van der Waals surface area contributed by atoms with E-state index in [2.05, 4.69) is 20.3 Å². The van der Waals surface area contributed by atoms with Gasteiger partial charge in [0.25, 0.3) is 5.56 Å². The van der Waals surface area contributed by atoms with E-state index in [1.54, 1.807) is 42.7 Å². The molecule has 1 aliphatic carbocycles. The van der Waals surface area contributed by atoms with Crippen LogP contribution in [0.5, 0.6) is 0 Å². The summed E-state index contributed by atoms with van der Waals surface area (Å²) in [6.45, 7) is 3.47. The number of amides is 1. The van der Waals surface area contributed by atoms with Gasteiger partial charge in [0.2, 0.25) is 11.9 Å². The molecule has 3 aromatic rings. The predicted molar refractivity (Wildman–Crippen MR) is 109 cm³/mol. The van der Waals surface area contributed by atoms with Crippen molar-refractivity contribution in [2.24, 2.45) is 11.8 Å². The molecule has 160 valence electrons. The lowest BCUT2D eigenvalue weighted by Gasteiger charge is -2.23. The second-order valence-corrected chi connectivity index (χ2v) is 8.08. The minimum atomic E-state index is -0.663. The smallest absolute Gasteiger partial charge is 0.338 e. The minimum absolute atomic E-state index is 0.0156. The first kappa shape index (κ1) is 19.4. The summed E-state index contributed by atoms with van der Waals surface area (Å²) in [7, 11) is 0. The molecule has 1 amide bonds. The fourth-order valence-electron chi connectivity index (χ4n) is 3.73. The van der Waals surface area contributed by atoms with Crippen molar-refractivity contribution >= 4 is 29.0 Å². The number of hydrogen-bond acceptors (Lipinski definition) is 7. The van der Waals surface area contributed by atoms with E-state index < -0.39 is 23.9 Å². The van der Waals surface area contributed by atoms with Crippen LogP contribution in [-0.2, 0) is 14.3 Å². The van der Waals surface area contributed by atoms with E-state index in [4.69, 9.17) is 9.47 Å². The Morgan fingerprint density at radius 3 is 2.81 bits per heavy atom. The van der Waals surface area contributed by atoms with Gasteiger partial charge in [-0.25, -0.2) is 9.78 Å². The van der Waals surface area contributed by atoms with E-state index in [9.17, 15) is 14.4 Å². The fourth-order valence-corrected chi connectivity index (χ4v) is 3.73. The number of rotatable bonds is 5. The number of esters is 1. The maximum atomic E-state index is 12.6. The van der Waals surface area contributed by atoms with Crippen molar-refractivity contribution in [1.29, 1.82) is 0 Å². The molecule has 1 saturated heterocycles. The third kappa shape index (κ3) is 3.48. The summed E-state index contributed by atoms with van der Waals surface area (Å²) < 4.78 is 13.4. The zero-order chi connectivity index (χ0) is 21.7. The Balaban J connectivity index is 1.46. The number of hydrogen-bond donors (Lipinski definition) is 2. The molecule has 2 N–H and O–H groups in total. The van der Waals surface area contributed by atoms with E-state index in [0.29, 0.717) is 5.56 Å². The van der Waals surface area contributed by atoms with Crippen molar-refractivity contribution in [3.63, 3.8) is 0 Å². The fraction of sp³-hybridized carbons (Fsp3) is 0.381. The summed E-state index contributed by atoms with van der Waals surface area (Å²) in [5, 5.41) is 2.59. The third-order valence-electron chi connectivity index (χ3n) is 5.52. The van der Waals surface area contributed by atoms with Crippen molar-refractivity contribution in [3.05, 3.63) is 52.6 Å². The molecule has 2 aliphatic rings. The van der Waals surface area contributed by atoms with Crippen molar-refractivity contribution < 1.29 is 19.1 Å². The van der Waals surface area contributed by atoms with Crippen LogP contribution in [-0.4, -0.2) is 43.6 Å². The molecule has 1 saturated carbocycles. The van der Waals surface area contributed by atoms with Crippen LogP contribution in [0.4, 0.5) is 5.95 Å². The average molecular weight is 423 g/mol. The molecule has 4 atom stereocenters. The highest BCUT2D eigenvalue weighted by atomic mass is 16.6. The summed E-state index contributed by atoms with van der Waals surface area (Å²) in [5.74, 6) is -0.886. The molecule has 10 heteroatoms. The van der Waals surface area contributed by atoms with E-state index in [-0.39, 0.29) is 41.0 Å². The molecule has 0 bridgehead atoms. The van der Waals surface area contributed by atoms with Crippen LogP contribution in [0.2, 0.25) is 0 Å². The molecule has 2 fully saturated rings. The number of nitrogens with one attached hydrogen (secondary N) is 2. The highest BCUT2D eigenvalue weighted by Gasteiger charge is 2.58. The van der Waals surface area contributed by atoms with E-state index in [0.717, 1.165) is 6.42 Å². The zero-order valence-corrected chi connectivity index (χ0v) is 16.9. The highest BCUT2D eigenvalue weighted by molar-refractivity contribution is 5.91. The molecule has 0 spiro atoms. The molecule has 2 aromatic heterocycles. The maximum absolute atomic E-state index is 12.6. The molecule has 3 heterocycles. The van der Waals surface area contributed by atoms with Gasteiger partial charge in [0.05, 0.1) is 18.0 Å². The first-order valence-corrected chi connectivity index (χ1v) is 10.1. The number of aromatic nitrogens is 4. The number of carbonyl (C=O) groups excluding carboxylic acids is 2. The Morgan fingerprint density at radius 1 is 1.29 bits per heavy atom. The van der Waals surface area contributed by atoms with Crippen LogP contribution >= 0.6 is 0 Å². The highest BCUT2D eigenvalue weighted by Crippen LogP contribution is 2.51. The Labute approximate surface area is 176 Å². The number of imidazole rings is 1. The van der Waals surface area contributed by atoms with Gasteiger partial charge in [0.15, 0.2) is 23.5 Å². The summed E-state index contributed by atoms with van der Waals surface area (Å²) in [4.78, 5) is 48.1. The number of fused-ring (bicyclic) bond motifs is 2. The van der Waals surface area contributed by atoms with E-state index >= 15 is 0 Å². The number of anilines is 1. The first-order chi connectivity index (χ1) is 14.9. The van der Waals surface area contributed by atoms with Crippen LogP contribution in [0.3, 0.4) is 0 Å². The summed E-state index contributed by atoms with van der Waals surface area (Å²) >= 11 is 0. The molecular formula is C21H21N5O5. The lowest BCUT2D eigenvalue weighted by Crippen LogP contribution is -2.29. The molecule has 31 heavy (non-hydrogen) atoms. The Bertz CT molecular complexity index is 1220. The Morgan fingerprint density at radius 2 is 2.06 bits per heavy atom. The number of benzene rings is 1. The van der Waals surface area contributed by atoms with Gasteiger partial charge in [-0.2, -0.15) is 4.98 Å². The first-order valence-electron chi connectivity index (χ1n) is 10.1. The number of ether oxygens (including phenoxy) is 2. The summed E-state index contributed by atoms with van der Waals surface area (Å²) in [6, 6.07) is 8.74. The van der Waals surface area contributed by atoms with Crippen molar-refractivity contribution in [2.75, 3.05) is 5.32 Å². The largest absolute Gasteiger partial charge is 0.454 e. The van der Waals surface area contributed by atoms with Crippen LogP contribution in [0, 0.1) is 11.8 Å². The van der Waals surface area contributed by atoms with Crippen molar-refractivity contribution in [2.45, 2.75) is 38.7 Å². The van der Waals surface area contributed by atoms with Gasteiger partial charge in [0.1, 0.15) is 0 Å². The molecular weight excluding hydrogens is 402 g/mol. The van der Waals surface area contributed by atoms with E-state index in [1.165, 1.54) is 6.33 Å². The van der Waals surface area contributed by atoms with Gasteiger partial charge >= 0.3 is 5.97 Å². The minimum Gasteiger partial charge on any atom is -0.454 e. The number of aromatic amines is 1. The molecule has 1 unspecified atom stereocenters. The lowest BCUT2D eigenvalue weighted by molar-refractivity contribution is -0.118. The second kappa shape index (κ2) is 7.31. The SMILES string of the molecule is CC(C)C(=O)Nc1nc2c(ncn2[C@@H]2OC3C[C@H]3[C@H]2OC(=O)c2ccccc2)c(=O)[nH]1. The Hall–Kier alpha value is -3.53. The van der Waals surface area contributed by atoms with Gasteiger partial charge in [-0.1, -0.05) is 32.0 Å². The topological polar surface area (TPSA) is 128 Å². The predicted octanol–water partition coefficient (Wildman–Crippen LogP) is 1.86. The molecule has 0 radical (unpaired) electrons.